The number of halogens is 3. The maximum absolute atomic E-state index is 12.5. The third kappa shape index (κ3) is 5.99. The van der Waals surface area contributed by atoms with Crippen LogP contribution in [0.3, 0.4) is 0 Å². The molecule has 0 fully saturated rings. The molecule has 0 bridgehead atoms. The first-order valence-electron chi connectivity index (χ1n) is 8.30. The van der Waals surface area contributed by atoms with E-state index in [1.165, 1.54) is 25.1 Å². The summed E-state index contributed by atoms with van der Waals surface area (Å²) in [5, 5.41) is 3.69. The van der Waals surface area contributed by atoms with Gasteiger partial charge in [0.1, 0.15) is 5.75 Å². The molecule has 2 N–H and O–H groups in total. The molecule has 0 spiro atoms. The number of ether oxygens (including phenoxy) is 1. The number of rotatable bonds is 8. The van der Waals surface area contributed by atoms with Gasteiger partial charge in [0.2, 0.25) is 15.9 Å². The molecule has 2 aromatic rings. The molecular weight excluding hydrogens is 447 g/mol. The van der Waals surface area contributed by atoms with E-state index in [1.54, 1.807) is 25.1 Å². The summed E-state index contributed by atoms with van der Waals surface area (Å²) in [6.45, 7) is 3.77. The van der Waals surface area contributed by atoms with Crippen LogP contribution >= 0.6 is 34.8 Å². The number of amides is 1. The van der Waals surface area contributed by atoms with Gasteiger partial charge in [-0.2, -0.15) is 4.72 Å². The number of carbonyl (C=O) groups is 1. The van der Waals surface area contributed by atoms with Gasteiger partial charge >= 0.3 is 0 Å². The highest BCUT2D eigenvalue weighted by Gasteiger charge is 2.23. The molecule has 6 nitrogen and oxygen atoms in total. The third-order valence-electron chi connectivity index (χ3n) is 3.71. The second-order valence-electron chi connectivity index (χ2n) is 5.82. The van der Waals surface area contributed by atoms with Crippen molar-refractivity contribution in [2.45, 2.75) is 31.3 Å². The van der Waals surface area contributed by atoms with Crippen LogP contribution in [0.4, 0.5) is 0 Å². The molecule has 1 amide bonds. The van der Waals surface area contributed by atoms with Crippen molar-refractivity contribution in [1.29, 1.82) is 0 Å². The van der Waals surface area contributed by atoms with Gasteiger partial charge in [0.15, 0.2) is 0 Å². The van der Waals surface area contributed by atoms with Crippen molar-refractivity contribution in [3.63, 3.8) is 0 Å². The highest BCUT2D eigenvalue weighted by atomic mass is 35.5. The Morgan fingerprint density at radius 3 is 2.43 bits per heavy atom. The quantitative estimate of drug-likeness (QED) is 0.616. The van der Waals surface area contributed by atoms with Crippen LogP contribution in [0.5, 0.6) is 5.75 Å². The lowest BCUT2D eigenvalue weighted by atomic mass is 10.2. The lowest BCUT2D eigenvalue weighted by Gasteiger charge is -2.15. The lowest BCUT2D eigenvalue weighted by molar-refractivity contribution is -0.122. The Labute approximate surface area is 179 Å². The van der Waals surface area contributed by atoms with Crippen molar-refractivity contribution >= 4 is 50.7 Å². The molecule has 0 unspecified atom stereocenters. The van der Waals surface area contributed by atoms with Crippen LogP contribution in [0.2, 0.25) is 15.1 Å². The zero-order valence-electron chi connectivity index (χ0n) is 15.1. The summed E-state index contributed by atoms with van der Waals surface area (Å²) in [4.78, 5) is 12.2. The van der Waals surface area contributed by atoms with Crippen molar-refractivity contribution in [2.75, 3.05) is 6.61 Å². The van der Waals surface area contributed by atoms with Crippen molar-refractivity contribution in [2.24, 2.45) is 0 Å². The first kappa shape index (κ1) is 22.8. The molecule has 0 saturated heterocycles. The number of sulfonamides is 1. The molecule has 0 aliphatic carbocycles. The Hall–Kier alpha value is -1.51. The van der Waals surface area contributed by atoms with Gasteiger partial charge in [0.25, 0.3) is 0 Å². The van der Waals surface area contributed by atoms with E-state index in [9.17, 15) is 13.2 Å². The molecule has 0 heterocycles. The summed E-state index contributed by atoms with van der Waals surface area (Å²) >= 11 is 17.9. The Balaban J connectivity index is 2.02. The third-order valence-corrected chi connectivity index (χ3v) is 6.13. The fraction of sp³-hybridized carbons (Fsp3) is 0.278. The predicted molar refractivity (Wildman–Crippen MR) is 111 cm³/mol. The monoisotopic (exact) mass is 464 g/mol. The van der Waals surface area contributed by atoms with Gasteiger partial charge < -0.3 is 10.1 Å². The highest BCUT2D eigenvalue weighted by Crippen LogP contribution is 2.27. The Bertz CT molecular complexity index is 967. The van der Waals surface area contributed by atoms with Crippen molar-refractivity contribution in [3.8, 4) is 5.75 Å². The minimum atomic E-state index is -3.95. The average Bonchev–Trinajstić information content (AvgIpc) is 2.62. The molecule has 10 heteroatoms. The summed E-state index contributed by atoms with van der Waals surface area (Å²) < 4.78 is 32.6. The largest absolute Gasteiger partial charge is 0.492 e. The van der Waals surface area contributed by atoms with Gasteiger partial charge in [-0.3, -0.25) is 4.79 Å². The number of hydrogen-bond donors (Lipinski definition) is 2. The maximum Gasteiger partial charge on any atom is 0.241 e. The molecular formula is C18H19Cl3N2O4S. The van der Waals surface area contributed by atoms with E-state index < -0.39 is 22.0 Å². The van der Waals surface area contributed by atoms with Crippen LogP contribution in [-0.2, 0) is 21.4 Å². The second kappa shape index (κ2) is 9.80. The smallest absolute Gasteiger partial charge is 0.241 e. The van der Waals surface area contributed by atoms with E-state index >= 15 is 0 Å². The molecule has 152 valence electrons. The van der Waals surface area contributed by atoms with Gasteiger partial charge in [-0.1, -0.05) is 40.9 Å². The van der Waals surface area contributed by atoms with Gasteiger partial charge in [-0.15, -0.1) is 0 Å². The topological polar surface area (TPSA) is 84.5 Å². The van der Waals surface area contributed by atoms with Gasteiger partial charge in [0.05, 0.1) is 22.6 Å². The maximum atomic E-state index is 12.5. The number of hydrogen-bond acceptors (Lipinski definition) is 4. The van der Waals surface area contributed by atoms with Gasteiger partial charge in [0, 0.05) is 16.6 Å². The van der Waals surface area contributed by atoms with E-state index in [-0.39, 0.29) is 16.5 Å². The lowest BCUT2D eigenvalue weighted by Crippen LogP contribution is -2.44. The Morgan fingerprint density at radius 2 is 1.82 bits per heavy atom. The minimum absolute atomic E-state index is 0.0682. The Morgan fingerprint density at radius 1 is 1.11 bits per heavy atom. The van der Waals surface area contributed by atoms with Crippen molar-refractivity contribution in [1.82, 2.24) is 10.0 Å². The van der Waals surface area contributed by atoms with Crippen molar-refractivity contribution in [3.05, 3.63) is 57.0 Å². The van der Waals surface area contributed by atoms with E-state index in [1.807, 2.05) is 0 Å². The molecule has 0 aliphatic heterocycles. The van der Waals surface area contributed by atoms with Crippen LogP contribution in [-0.4, -0.2) is 27.0 Å². The molecule has 1 atom stereocenters. The van der Waals surface area contributed by atoms with Crippen LogP contribution in [0.15, 0.2) is 41.3 Å². The van der Waals surface area contributed by atoms with Crippen LogP contribution in [0.25, 0.3) is 0 Å². The van der Waals surface area contributed by atoms with Crippen LogP contribution < -0.4 is 14.8 Å². The van der Waals surface area contributed by atoms with E-state index in [0.29, 0.717) is 28.0 Å². The van der Waals surface area contributed by atoms with E-state index in [4.69, 9.17) is 39.5 Å². The number of benzene rings is 2. The van der Waals surface area contributed by atoms with E-state index in [0.717, 1.165) is 0 Å². The summed E-state index contributed by atoms with van der Waals surface area (Å²) in [6, 6.07) is 7.98. The second-order valence-corrected chi connectivity index (χ2v) is 8.79. The van der Waals surface area contributed by atoms with Gasteiger partial charge in [-0.05, 0) is 49.7 Å². The summed E-state index contributed by atoms with van der Waals surface area (Å²) in [5.74, 6) is -0.125. The number of carbonyl (C=O) groups excluding carboxylic acids is 1. The predicted octanol–water partition coefficient (Wildman–Crippen LogP) is 4.03. The molecule has 0 aromatic heterocycles. The fourth-order valence-electron chi connectivity index (χ4n) is 2.28. The summed E-state index contributed by atoms with van der Waals surface area (Å²) in [5.41, 5.74) is 0.660. The highest BCUT2D eigenvalue weighted by molar-refractivity contribution is 7.89. The zero-order valence-corrected chi connectivity index (χ0v) is 18.2. The minimum Gasteiger partial charge on any atom is -0.492 e. The Kier molecular flexibility index (Phi) is 7.97. The standard InChI is InChI=1S/C18H19Cl3N2O4S/c1-3-27-17-7-6-14(9-16(17)21)28(25,26)23-11(2)18(24)22-10-12-4-5-13(19)8-15(12)20/h4-9,11,23H,3,10H2,1-2H3,(H,22,24)/t11-/m0/s1. The molecule has 0 aliphatic rings. The molecule has 2 rings (SSSR count). The van der Waals surface area contributed by atoms with E-state index in [2.05, 4.69) is 10.0 Å². The molecule has 2 aromatic carbocycles. The summed E-state index contributed by atoms with van der Waals surface area (Å²) in [7, 11) is -3.95. The molecule has 0 radical (unpaired) electrons. The van der Waals surface area contributed by atoms with Crippen LogP contribution in [0, 0.1) is 0 Å². The normalized spacial score (nSPS) is 12.5. The first-order chi connectivity index (χ1) is 13.1. The molecule has 28 heavy (non-hydrogen) atoms. The fourth-order valence-corrected chi connectivity index (χ4v) is 4.28. The van der Waals surface area contributed by atoms with Crippen molar-refractivity contribution < 1.29 is 17.9 Å². The first-order valence-corrected chi connectivity index (χ1v) is 10.9. The number of nitrogens with one attached hydrogen (secondary N) is 2. The average molecular weight is 466 g/mol. The molecule has 0 saturated carbocycles. The SMILES string of the molecule is CCOc1ccc(S(=O)(=O)N[C@@H](C)C(=O)NCc2ccc(Cl)cc2Cl)cc1Cl. The van der Waals surface area contributed by atoms with Crippen LogP contribution in [0.1, 0.15) is 19.4 Å². The zero-order chi connectivity index (χ0) is 20.9. The summed E-state index contributed by atoms with van der Waals surface area (Å²) in [6.07, 6.45) is 0. The van der Waals surface area contributed by atoms with Gasteiger partial charge in [-0.25, -0.2) is 8.42 Å².